The van der Waals surface area contributed by atoms with Gasteiger partial charge >= 0.3 is 0 Å². The van der Waals surface area contributed by atoms with Crippen LogP contribution in [0.4, 0.5) is 34.6 Å². The Balaban J connectivity index is 0.000000188. The third-order valence-corrected chi connectivity index (χ3v) is 10.3. The number of ketones is 1. The van der Waals surface area contributed by atoms with Gasteiger partial charge in [-0.25, -0.2) is 39.9 Å². The van der Waals surface area contributed by atoms with Gasteiger partial charge in [-0.3, -0.25) is 14.4 Å². The van der Waals surface area contributed by atoms with Gasteiger partial charge in [0.1, 0.15) is 11.6 Å². The highest BCUT2D eigenvalue weighted by Gasteiger charge is 2.25. The fraction of sp³-hybridized carbons (Fsp3) is 0.250. The van der Waals surface area contributed by atoms with Crippen molar-refractivity contribution in [3.05, 3.63) is 122 Å². The number of hydrogen-bond donors (Lipinski definition) is 5. The van der Waals surface area contributed by atoms with Crippen molar-refractivity contribution in [3.63, 3.8) is 0 Å². The highest BCUT2D eigenvalue weighted by molar-refractivity contribution is 5.97. The Labute approximate surface area is 358 Å². The van der Waals surface area contributed by atoms with Gasteiger partial charge in [-0.05, 0) is 98.3 Å². The van der Waals surface area contributed by atoms with Crippen LogP contribution in [0.3, 0.4) is 0 Å². The summed E-state index contributed by atoms with van der Waals surface area (Å²) in [7, 11) is 0. The van der Waals surface area contributed by atoms with E-state index >= 15 is 0 Å². The van der Waals surface area contributed by atoms with E-state index in [0.29, 0.717) is 48.6 Å². The van der Waals surface area contributed by atoms with Crippen LogP contribution in [0.2, 0.25) is 0 Å². The third kappa shape index (κ3) is 10.9. The maximum atomic E-state index is 11.9. The SMILES string of the molecule is C=CC(=O)C[C@H]1CCCN(c2cnc(C(N)=O)c(Nc3ccc(-c4ncccn4)cc3)n2)C1.NC(=O)c1ncc(N2CCC[C@H](N)C2)nc1Nc1ccc(-c2ncccn2)cc1. The van der Waals surface area contributed by atoms with Gasteiger partial charge in [0, 0.05) is 85.9 Å². The van der Waals surface area contributed by atoms with Crippen LogP contribution in [0, 0.1) is 5.92 Å². The van der Waals surface area contributed by atoms with Crippen LogP contribution in [0.1, 0.15) is 53.1 Å². The Bertz CT molecular complexity index is 2490. The molecule has 8 rings (SSSR count). The van der Waals surface area contributed by atoms with E-state index in [2.05, 4.69) is 66.9 Å². The molecule has 18 nitrogen and oxygen atoms in total. The Hall–Kier alpha value is -7.73. The van der Waals surface area contributed by atoms with Crippen LogP contribution < -0.4 is 37.6 Å². The molecule has 62 heavy (non-hydrogen) atoms. The predicted octanol–water partition coefficient (Wildman–Crippen LogP) is 4.84. The number of nitrogens with zero attached hydrogens (tertiary/aromatic N) is 10. The number of piperidine rings is 2. The molecular formula is C44H47N15O3. The van der Waals surface area contributed by atoms with Gasteiger partial charge in [0.2, 0.25) is 0 Å². The van der Waals surface area contributed by atoms with E-state index in [1.807, 2.05) is 48.5 Å². The molecule has 2 amide bonds. The first-order chi connectivity index (χ1) is 30.1. The molecular weight excluding hydrogens is 787 g/mol. The molecule has 6 aromatic rings. The third-order valence-electron chi connectivity index (χ3n) is 10.3. The number of carbonyl (C=O) groups excluding carboxylic acids is 3. The van der Waals surface area contributed by atoms with Crippen molar-refractivity contribution in [1.29, 1.82) is 0 Å². The molecule has 2 aromatic carbocycles. The van der Waals surface area contributed by atoms with Crippen LogP contribution in [0.25, 0.3) is 22.8 Å². The largest absolute Gasteiger partial charge is 0.364 e. The summed E-state index contributed by atoms with van der Waals surface area (Å²) < 4.78 is 0. The zero-order valence-corrected chi connectivity index (χ0v) is 34.0. The number of nitrogens with two attached hydrogens (primary N) is 3. The second kappa shape index (κ2) is 20.0. The van der Waals surface area contributed by atoms with Gasteiger partial charge < -0.3 is 37.6 Å². The zero-order valence-electron chi connectivity index (χ0n) is 34.0. The zero-order chi connectivity index (χ0) is 43.4. The van der Waals surface area contributed by atoms with Crippen molar-refractivity contribution in [3.8, 4) is 22.8 Å². The summed E-state index contributed by atoms with van der Waals surface area (Å²) in [6, 6.07) is 18.6. The molecule has 0 unspecified atom stereocenters. The van der Waals surface area contributed by atoms with Gasteiger partial charge in [-0.1, -0.05) is 6.58 Å². The number of aromatic nitrogens is 8. The number of anilines is 6. The number of nitrogens with one attached hydrogen (secondary N) is 2. The predicted molar refractivity (Wildman–Crippen MR) is 237 cm³/mol. The standard InChI is InChI=1S/C24H25N7O2.C20H22N8O/c1-2-19(32)13-16-5-3-12-31(15-16)20-14-28-21(22(25)33)24(30-20)29-18-8-6-17(7-9-18)23-26-10-4-11-27-23;21-14-3-1-10-28(12-14)16-11-25-17(18(22)29)20(27-16)26-15-6-4-13(5-7-15)19-23-8-2-9-24-19/h2,4,6-11,14,16H,1,3,5,12-13,15H2,(H2,25,33)(H,29,30);2,4-9,11,14H,1,3,10,12,21H2,(H2,22,29)(H,26,27)/t16-;14-/m10/s1. The van der Waals surface area contributed by atoms with Crippen LogP contribution in [0.5, 0.6) is 0 Å². The van der Waals surface area contributed by atoms with E-state index in [-0.39, 0.29) is 34.9 Å². The Kier molecular flexibility index (Phi) is 13.7. The van der Waals surface area contributed by atoms with Crippen molar-refractivity contribution in [2.45, 2.75) is 38.1 Å². The Morgan fingerprint density at radius 3 is 1.55 bits per heavy atom. The molecule has 0 radical (unpaired) electrons. The first kappa shape index (κ1) is 42.4. The molecule has 2 aliphatic rings. The molecule has 2 aliphatic heterocycles. The van der Waals surface area contributed by atoms with Crippen molar-refractivity contribution < 1.29 is 14.4 Å². The maximum Gasteiger partial charge on any atom is 0.271 e. The van der Waals surface area contributed by atoms with E-state index in [4.69, 9.17) is 17.2 Å². The molecule has 6 heterocycles. The lowest BCUT2D eigenvalue weighted by atomic mass is 9.93. The van der Waals surface area contributed by atoms with E-state index < -0.39 is 11.8 Å². The lowest BCUT2D eigenvalue weighted by molar-refractivity contribution is -0.115. The van der Waals surface area contributed by atoms with E-state index in [0.717, 1.165) is 61.3 Å². The van der Waals surface area contributed by atoms with Crippen molar-refractivity contribution in [2.24, 2.45) is 23.1 Å². The Morgan fingerprint density at radius 1 is 0.661 bits per heavy atom. The fourth-order valence-corrected chi connectivity index (χ4v) is 7.20. The summed E-state index contributed by atoms with van der Waals surface area (Å²) in [6.45, 7) is 6.60. The second-order valence-corrected chi connectivity index (χ2v) is 14.8. The lowest BCUT2D eigenvalue weighted by Crippen LogP contribution is -2.43. The molecule has 8 N–H and O–H groups in total. The second-order valence-electron chi connectivity index (χ2n) is 14.8. The Morgan fingerprint density at radius 2 is 1.11 bits per heavy atom. The van der Waals surface area contributed by atoms with Crippen molar-refractivity contribution >= 4 is 52.2 Å². The first-order valence-corrected chi connectivity index (χ1v) is 20.2. The number of allylic oxidation sites excluding steroid dienone is 1. The van der Waals surface area contributed by atoms with Crippen molar-refractivity contribution in [1.82, 2.24) is 39.9 Å². The number of amides is 2. The van der Waals surface area contributed by atoms with Gasteiger partial charge in [0.05, 0.1) is 12.4 Å². The van der Waals surface area contributed by atoms with Gasteiger partial charge in [0.15, 0.2) is 40.5 Å². The molecule has 0 saturated carbocycles. The first-order valence-electron chi connectivity index (χ1n) is 20.2. The maximum absolute atomic E-state index is 11.9. The molecule has 0 spiro atoms. The monoisotopic (exact) mass is 833 g/mol. The van der Waals surface area contributed by atoms with Crippen LogP contribution in [0.15, 0.2) is 110 Å². The number of carbonyl (C=O) groups is 3. The molecule has 2 saturated heterocycles. The summed E-state index contributed by atoms with van der Waals surface area (Å²) in [5.41, 5.74) is 20.5. The highest BCUT2D eigenvalue weighted by atomic mass is 16.1. The number of benzene rings is 2. The molecule has 4 aromatic heterocycles. The van der Waals surface area contributed by atoms with E-state index in [1.165, 1.54) is 6.08 Å². The highest BCUT2D eigenvalue weighted by Crippen LogP contribution is 2.28. The summed E-state index contributed by atoms with van der Waals surface area (Å²) >= 11 is 0. The molecule has 2 atom stereocenters. The van der Waals surface area contributed by atoms with Gasteiger partial charge in [-0.15, -0.1) is 0 Å². The van der Waals surface area contributed by atoms with Crippen LogP contribution in [-0.2, 0) is 4.79 Å². The summed E-state index contributed by atoms with van der Waals surface area (Å²) in [5.74, 6) is 2.13. The fourth-order valence-electron chi connectivity index (χ4n) is 7.20. The molecule has 0 bridgehead atoms. The average Bonchev–Trinajstić information content (AvgIpc) is 3.30. The molecule has 316 valence electrons. The minimum atomic E-state index is -0.668. The van der Waals surface area contributed by atoms with Gasteiger partial charge in [0.25, 0.3) is 11.8 Å². The lowest BCUT2D eigenvalue weighted by Gasteiger charge is -2.33. The summed E-state index contributed by atoms with van der Waals surface area (Å²) in [4.78, 5) is 74.4. The van der Waals surface area contributed by atoms with Crippen LogP contribution >= 0.6 is 0 Å². The molecule has 18 heteroatoms. The number of primary amides is 2. The quantitative estimate of drug-likeness (QED) is 0.0975. The van der Waals surface area contributed by atoms with Crippen molar-refractivity contribution in [2.75, 3.05) is 46.6 Å². The smallest absolute Gasteiger partial charge is 0.271 e. The molecule has 0 aliphatic carbocycles. The average molecular weight is 834 g/mol. The summed E-state index contributed by atoms with van der Waals surface area (Å²) in [6.07, 6.45) is 15.6. The van der Waals surface area contributed by atoms with Crippen LogP contribution in [-0.4, -0.2) is 89.7 Å². The van der Waals surface area contributed by atoms with E-state index in [1.54, 1.807) is 49.3 Å². The minimum Gasteiger partial charge on any atom is -0.364 e. The minimum absolute atomic E-state index is 0.0451. The number of rotatable bonds is 13. The normalized spacial score (nSPS) is 16.0. The van der Waals surface area contributed by atoms with Gasteiger partial charge in [-0.2, -0.15) is 0 Å². The van der Waals surface area contributed by atoms with E-state index in [9.17, 15) is 14.4 Å². The number of hydrogen-bond acceptors (Lipinski definition) is 16. The molecule has 2 fully saturated rings. The summed E-state index contributed by atoms with van der Waals surface area (Å²) in [5, 5.41) is 6.31. The topological polar surface area (TPSA) is 263 Å².